The minimum atomic E-state index is -0.0469. The Morgan fingerprint density at radius 1 is 0.567 bits per heavy atom. The van der Waals surface area contributed by atoms with Gasteiger partial charge in [-0.1, -0.05) is 142 Å². The molecule has 0 fully saturated rings. The van der Waals surface area contributed by atoms with Crippen molar-refractivity contribution in [1.82, 2.24) is 19.1 Å². The van der Waals surface area contributed by atoms with Crippen LogP contribution in [0.3, 0.4) is 0 Å². The molecule has 2 unspecified atom stereocenters. The van der Waals surface area contributed by atoms with Gasteiger partial charge < -0.3 is 9.67 Å². The molecule has 12 rings (SSSR count). The van der Waals surface area contributed by atoms with Crippen molar-refractivity contribution < 1.29 is 5.11 Å². The standard InChI is InChI=1S/C55H42N4O/c1-55(2,3)34-29-30-47(42(31-34)33-15-5-4-6-16-33)59-48-27-13-22-39(52(48)57-54(59)40-18-8-10-28-50(40)60)45-25-14-24-44(56-45)35-19-11-20-37-43(35)32-49-51(37)41-23-12-21-38-36-17-7-9-26-46(36)58(49)53(38)41/h4-31,49,51,60H,32H2,1-3H3. The molecule has 288 valence electrons. The number of hydrogen-bond acceptors (Lipinski definition) is 3. The molecule has 2 aliphatic rings. The van der Waals surface area contributed by atoms with Gasteiger partial charge in [-0.2, -0.15) is 0 Å². The van der Waals surface area contributed by atoms with Gasteiger partial charge in [-0.05, 0) is 88.2 Å². The molecular weight excluding hydrogens is 733 g/mol. The van der Waals surface area contributed by atoms with Gasteiger partial charge in [0, 0.05) is 44.9 Å². The summed E-state index contributed by atoms with van der Waals surface area (Å²) in [4.78, 5) is 10.9. The van der Waals surface area contributed by atoms with Crippen LogP contribution in [0, 0.1) is 0 Å². The van der Waals surface area contributed by atoms with Gasteiger partial charge in [0.15, 0.2) is 0 Å². The van der Waals surface area contributed by atoms with Crippen molar-refractivity contribution in [1.29, 1.82) is 0 Å². The summed E-state index contributed by atoms with van der Waals surface area (Å²) in [6.07, 6.45) is 0.951. The fourth-order valence-electron chi connectivity index (χ4n) is 10.4. The molecule has 2 atom stereocenters. The number of imidazole rings is 1. The molecule has 1 aliphatic carbocycles. The Morgan fingerprint density at radius 2 is 1.23 bits per heavy atom. The molecule has 1 N–H and O–H groups in total. The average molecular weight is 775 g/mol. The van der Waals surface area contributed by atoms with Crippen LogP contribution < -0.4 is 0 Å². The lowest BCUT2D eigenvalue weighted by molar-refractivity contribution is 0.477. The third-order valence-corrected chi connectivity index (χ3v) is 13.1. The number of para-hydroxylation sites is 4. The summed E-state index contributed by atoms with van der Waals surface area (Å²) >= 11 is 0. The third-order valence-electron chi connectivity index (χ3n) is 13.1. The van der Waals surface area contributed by atoms with E-state index in [1.807, 2.05) is 18.2 Å². The first kappa shape index (κ1) is 34.8. The van der Waals surface area contributed by atoms with Crippen LogP contribution in [0.15, 0.2) is 170 Å². The number of benzene rings is 7. The number of aromatic nitrogens is 4. The second-order valence-electron chi connectivity index (χ2n) is 17.5. The van der Waals surface area contributed by atoms with Crippen LogP contribution in [-0.4, -0.2) is 24.2 Å². The van der Waals surface area contributed by atoms with Gasteiger partial charge >= 0.3 is 0 Å². The molecule has 0 spiro atoms. The Hall–Kier alpha value is -7.24. The smallest absolute Gasteiger partial charge is 0.149 e. The lowest BCUT2D eigenvalue weighted by atomic mass is 9.85. The maximum Gasteiger partial charge on any atom is 0.149 e. The highest BCUT2D eigenvalue weighted by atomic mass is 16.3. The second-order valence-corrected chi connectivity index (χ2v) is 17.5. The molecule has 3 aromatic heterocycles. The van der Waals surface area contributed by atoms with Gasteiger partial charge in [-0.25, -0.2) is 9.97 Å². The summed E-state index contributed by atoms with van der Waals surface area (Å²) in [5, 5.41) is 14.0. The van der Waals surface area contributed by atoms with Crippen molar-refractivity contribution in [3.63, 3.8) is 0 Å². The molecular formula is C55H42N4O. The number of rotatable bonds is 5. The zero-order valence-corrected chi connectivity index (χ0v) is 33.8. The lowest BCUT2D eigenvalue weighted by Gasteiger charge is -2.23. The summed E-state index contributed by atoms with van der Waals surface area (Å²) in [6, 6.07) is 60.4. The predicted molar refractivity (Wildman–Crippen MR) is 245 cm³/mol. The molecule has 0 amide bonds. The van der Waals surface area contributed by atoms with Crippen molar-refractivity contribution in [2.45, 2.75) is 44.6 Å². The van der Waals surface area contributed by atoms with Crippen LogP contribution >= 0.6 is 0 Å². The van der Waals surface area contributed by atoms with Crippen LogP contribution in [-0.2, 0) is 11.8 Å². The first-order valence-electron chi connectivity index (χ1n) is 20.9. The highest BCUT2D eigenvalue weighted by molar-refractivity contribution is 6.10. The fraction of sp³-hybridized carbons (Fsp3) is 0.127. The number of phenolic OH excluding ortho intramolecular Hbond substituents is 1. The Kier molecular flexibility index (Phi) is 7.46. The minimum Gasteiger partial charge on any atom is -0.507 e. The van der Waals surface area contributed by atoms with E-state index in [0.29, 0.717) is 23.3 Å². The topological polar surface area (TPSA) is 55.9 Å². The molecule has 1 aliphatic heterocycles. The Morgan fingerprint density at radius 3 is 2.08 bits per heavy atom. The van der Waals surface area contributed by atoms with E-state index in [0.717, 1.165) is 51.2 Å². The molecule has 0 radical (unpaired) electrons. The van der Waals surface area contributed by atoms with Crippen molar-refractivity contribution in [3.05, 3.63) is 192 Å². The normalized spacial score (nSPS) is 15.6. The van der Waals surface area contributed by atoms with Crippen LogP contribution in [0.5, 0.6) is 5.75 Å². The summed E-state index contributed by atoms with van der Waals surface area (Å²) in [7, 11) is 0. The van der Waals surface area contributed by atoms with Gasteiger partial charge in [-0.15, -0.1) is 0 Å². The molecule has 0 bridgehead atoms. The number of aromatic hydroxyl groups is 1. The van der Waals surface area contributed by atoms with E-state index < -0.39 is 0 Å². The van der Waals surface area contributed by atoms with Crippen LogP contribution in [0.4, 0.5) is 0 Å². The Bertz CT molecular complexity index is 3370. The highest BCUT2D eigenvalue weighted by Crippen LogP contribution is 2.56. The predicted octanol–water partition coefficient (Wildman–Crippen LogP) is 13.4. The minimum absolute atomic E-state index is 0.0469. The van der Waals surface area contributed by atoms with E-state index in [4.69, 9.17) is 9.97 Å². The third kappa shape index (κ3) is 5.05. The second kappa shape index (κ2) is 12.9. The first-order chi connectivity index (χ1) is 29.3. The zero-order valence-electron chi connectivity index (χ0n) is 33.8. The van der Waals surface area contributed by atoms with Crippen molar-refractivity contribution in [2.24, 2.45) is 0 Å². The van der Waals surface area contributed by atoms with Crippen molar-refractivity contribution in [2.75, 3.05) is 0 Å². The van der Waals surface area contributed by atoms with Gasteiger partial charge in [0.1, 0.15) is 11.6 Å². The van der Waals surface area contributed by atoms with E-state index in [1.165, 1.54) is 49.6 Å². The Balaban J connectivity index is 1.02. The number of pyridine rings is 1. The molecule has 0 saturated heterocycles. The van der Waals surface area contributed by atoms with Gasteiger partial charge in [0.25, 0.3) is 0 Å². The molecule has 60 heavy (non-hydrogen) atoms. The van der Waals surface area contributed by atoms with Crippen LogP contribution in [0.1, 0.15) is 55.0 Å². The quantitative estimate of drug-likeness (QED) is 0.189. The maximum absolute atomic E-state index is 11.4. The monoisotopic (exact) mass is 774 g/mol. The summed E-state index contributed by atoms with van der Waals surface area (Å²) < 4.78 is 4.84. The lowest BCUT2D eigenvalue weighted by Crippen LogP contribution is -2.12. The van der Waals surface area contributed by atoms with E-state index in [2.05, 4.69) is 175 Å². The molecule has 4 heterocycles. The van der Waals surface area contributed by atoms with Crippen molar-refractivity contribution in [3.8, 4) is 56.5 Å². The highest BCUT2D eigenvalue weighted by Gasteiger charge is 2.43. The average Bonchev–Trinajstić information content (AvgIpc) is 4.03. The molecule has 7 aromatic carbocycles. The van der Waals surface area contributed by atoms with E-state index in [9.17, 15) is 5.11 Å². The van der Waals surface area contributed by atoms with Crippen LogP contribution in [0.2, 0.25) is 0 Å². The Labute approximate surface area is 348 Å². The van der Waals surface area contributed by atoms with Gasteiger partial charge in [0.05, 0.1) is 39.2 Å². The van der Waals surface area contributed by atoms with Gasteiger partial charge in [0.2, 0.25) is 0 Å². The first-order valence-corrected chi connectivity index (χ1v) is 20.9. The van der Waals surface area contributed by atoms with Crippen molar-refractivity contribution >= 4 is 32.8 Å². The SMILES string of the molecule is CC(C)(C)c1ccc(-n2c(-c3ccccc3O)nc3c(-c4cccc(-c5cccc6c5CC5C6c6cccc7c8ccccc8n5c67)n4)cccc32)c(-c2ccccc2)c1. The largest absolute Gasteiger partial charge is 0.507 e. The summed E-state index contributed by atoms with van der Waals surface area (Å²) in [6.45, 7) is 6.75. The summed E-state index contributed by atoms with van der Waals surface area (Å²) in [5.74, 6) is 1.17. The number of nitrogens with zero attached hydrogens (tertiary/aromatic N) is 4. The fourth-order valence-corrected chi connectivity index (χ4v) is 10.4. The molecule has 5 nitrogen and oxygen atoms in total. The number of phenols is 1. The van der Waals surface area contributed by atoms with E-state index in [-0.39, 0.29) is 11.2 Å². The van der Waals surface area contributed by atoms with Gasteiger partial charge in [-0.3, -0.25) is 4.57 Å². The molecule has 10 aromatic rings. The number of fused-ring (bicyclic) bond motifs is 9. The number of hydrogen-bond donors (Lipinski definition) is 1. The zero-order chi connectivity index (χ0) is 40.3. The summed E-state index contributed by atoms with van der Waals surface area (Å²) in [5.41, 5.74) is 17.7. The maximum atomic E-state index is 11.4. The van der Waals surface area contributed by atoms with E-state index >= 15 is 0 Å². The van der Waals surface area contributed by atoms with Crippen LogP contribution in [0.25, 0.3) is 83.6 Å². The molecule has 5 heteroatoms. The van der Waals surface area contributed by atoms with E-state index in [1.54, 1.807) is 6.07 Å². The molecule has 0 saturated carbocycles.